The molecular weight excluding hydrogens is 270 g/mol. The summed E-state index contributed by atoms with van der Waals surface area (Å²) in [5.74, 6) is -1.55. The Hall–Kier alpha value is -2.43. The molecule has 2 aliphatic heterocycles. The van der Waals surface area contributed by atoms with Gasteiger partial charge in [-0.15, -0.1) is 0 Å². The normalized spacial score (nSPS) is 32.1. The van der Waals surface area contributed by atoms with Crippen LogP contribution in [0.3, 0.4) is 0 Å². The number of ether oxygens (including phenoxy) is 1. The molecule has 0 spiro atoms. The lowest BCUT2D eigenvalue weighted by molar-refractivity contribution is -0.151. The van der Waals surface area contributed by atoms with Crippen molar-refractivity contribution in [2.24, 2.45) is 5.92 Å². The lowest BCUT2D eigenvalue weighted by Crippen LogP contribution is -2.66. The number of Topliss-reactive ketones (excluding diaryl/α,β-unsaturated/α-hetero) is 1. The fourth-order valence-electron chi connectivity index (χ4n) is 3.91. The molecule has 3 atom stereocenters. The summed E-state index contributed by atoms with van der Waals surface area (Å²) >= 11 is 0. The van der Waals surface area contributed by atoms with Crippen LogP contribution in [-0.2, 0) is 9.53 Å². The highest BCUT2D eigenvalue weighted by molar-refractivity contribution is 6.26. The van der Waals surface area contributed by atoms with Gasteiger partial charge in [-0.25, -0.2) is 4.79 Å². The summed E-state index contributed by atoms with van der Waals surface area (Å²) in [6.45, 7) is 0. The Kier molecular flexibility index (Phi) is 2.24. The molecule has 1 saturated heterocycles. The van der Waals surface area contributed by atoms with Crippen LogP contribution in [0, 0.1) is 5.92 Å². The summed E-state index contributed by atoms with van der Waals surface area (Å²) in [6, 6.07) is 6.45. The number of nitrogens with zero attached hydrogens (tertiary/aromatic N) is 1. The van der Waals surface area contributed by atoms with E-state index in [1.807, 2.05) is 12.2 Å². The highest BCUT2D eigenvalue weighted by Crippen LogP contribution is 2.50. The van der Waals surface area contributed by atoms with Crippen molar-refractivity contribution >= 4 is 17.7 Å². The van der Waals surface area contributed by atoms with Crippen LogP contribution in [0.5, 0.6) is 0 Å². The molecule has 1 aromatic carbocycles. The smallest absolute Gasteiger partial charge is 0.340 e. The largest absolute Gasteiger partial charge is 0.467 e. The Balaban J connectivity index is 2.02. The molecule has 21 heavy (non-hydrogen) atoms. The fraction of sp³-hybridized carbons (Fsp3) is 0.312. The molecule has 1 amide bonds. The second kappa shape index (κ2) is 3.81. The zero-order valence-corrected chi connectivity index (χ0v) is 11.4. The van der Waals surface area contributed by atoms with Crippen molar-refractivity contribution in [2.75, 3.05) is 7.11 Å². The number of carbonyl (C=O) groups is 3. The highest BCUT2D eigenvalue weighted by Gasteiger charge is 2.68. The summed E-state index contributed by atoms with van der Waals surface area (Å²) in [4.78, 5) is 39.7. The van der Waals surface area contributed by atoms with Crippen LogP contribution >= 0.6 is 0 Å². The molecule has 0 saturated carbocycles. The minimum absolute atomic E-state index is 0.209. The quantitative estimate of drug-likeness (QED) is 0.441. The van der Waals surface area contributed by atoms with E-state index in [9.17, 15) is 14.4 Å². The van der Waals surface area contributed by atoms with Crippen LogP contribution < -0.4 is 0 Å². The Morgan fingerprint density at radius 2 is 1.95 bits per heavy atom. The minimum Gasteiger partial charge on any atom is -0.467 e. The summed E-state index contributed by atoms with van der Waals surface area (Å²) in [6.07, 6.45) is 4.35. The van der Waals surface area contributed by atoms with Crippen LogP contribution in [0.25, 0.3) is 0 Å². The first-order valence-corrected chi connectivity index (χ1v) is 6.86. The Bertz CT molecular complexity index is 723. The third kappa shape index (κ3) is 1.20. The van der Waals surface area contributed by atoms with E-state index in [0.29, 0.717) is 17.5 Å². The Morgan fingerprint density at radius 3 is 2.67 bits per heavy atom. The van der Waals surface area contributed by atoms with Crippen LogP contribution in [-0.4, -0.2) is 41.3 Å². The third-order valence-electron chi connectivity index (χ3n) is 4.77. The molecule has 1 fully saturated rings. The second-order valence-corrected chi connectivity index (χ2v) is 5.60. The van der Waals surface area contributed by atoms with Crippen molar-refractivity contribution in [3.63, 3.8) is 0 Å². The molecule has 2 heterocycles. The van der Waals surface area contributed by atoms with E-state index >= 15 is 0 Å². The van der Waals surface area contributed by atoms with Crippen molar-refractivity contribution in [2.45, 2.75) is 18.0 Å². The maximum absolute atomic E-state index is 13.0. The molecule has 5 nitrogen and oxygen atoms in total. The van der Waals surface area contributed by atoms with E-state index in [-0.39, 0.29) is 23.7 Å². The average Bonchev–Trinajstić information content (AvgIpc) is 3.12. The maximum atomic E-state index is 13.0. The van der Waals surface area contributed by atoms with E-state index < -0.39 is 11.5 Å². The molecule has 2 bridgehead atoms. The van der Waals surface area contributed by atoms with E-state index in [4.69, 9.17) is 4.74 Å². The van der Waals surface area contributed by atoms with Gasteiger partial charge in [0.05, 0.1) is 18.7 Å². The molecule has 4 rings (SSSR count). The first kappa shape index (κ1) is 12.3. The van der Waals surface area contributed by atoms with Gasteiger partial charge in [0.15, 0.2) is 0 Å². The van der Waals surface area contributed by atoms with Crippen molar-refractivity contribution in [1.82, 2.24) is 4.90 Å². The van der Waals surface area contributed by atoms with Crippen LogP contribution in [0.4, 0.5) is 0 Å². The van der Waals surface area contributed by atoms with Gasteiger partial charge in [-0.05, 0) is 12.5 Å². The number of benzene rings is 1. The van der Waals surface area contributed by atoms with Crippen molar-refractivity contribution in [3.05, 3.63) is 47.5 Å². The van der Waals surface area contributed by atoms with Gasteiger partial charge in [0, 0.05) is 11.5 Å². The molecular formula is C16H13NO4. The predicted molar refractivity (Wildman–Crippen MR) is 72.7 cm³/mol. The second-order valence-electron chi connectivity index (χ2n) is 5.60. The Labute approximate surface area is 121 Å². The molecule has 1 aliphatic carbocycles. The van der Waals surface area contributed by atoms with Crippen molar-refractivity contribution in [3.8, 4) is 0 Å². The number of fused-ring (bicyclic) bond motifs is 6. The zero-order chi connectivity index (χ0) is 14.8. The van der Waals surface area contributed by atoms with Gasteiger partial charge in [-0.2, -0.15) is 0 Å². The zero-order valence-electron chi connectivity index (χ0n) is 11.4. The summed E-state index contributed by atoms with van der Waals surface area (Å²) < 4.78 is 4.89. The van der Waals surface area contributed by atoms with Crippen molar-refractivity contribution in [1.29, 1.82) is 0 Å². The van der Waals surface area contributed by atoms with Crippen LogP contribution in [0.1, 0.15) is 27.1 Å². The average molecular weight is 283 g/mol. The van der Waals surface area contributed by atoms with E-state index in [1.165, 1.54) is 12.0 Å². The molecule has 106 valence electrons. The first-order valence-electron chi connectivity index (χ1n) is 6.86. The fourth-order valence-corrected chi connectivity index (χ4v) is 3.91. The van der Waals surface area contributed by atoms with Gasteiger partial charge in [0.1, 0.15) is 0 Å². The lowest BCUT2D eigenvalue weighted by Gasteiger charge is -2.44. The molecule has 3 unspecified atom stereocenters. The molecule has 0 radical (unpaired) electrons. The number of rotatable bonds is 1. The van der Waals surface area contributed by atoms with Crippen molar-refractivity contribution < 1.29 is 19.1 Å². The van der Waals surface area contributed by atoms with Gasteiger partial charge < -0.3 is 9.64 Å². The van der Waals surface area contributed by atoms with Gasteiger partial charge in [-0.1, -0.05) is 30.4 Å². The first-order chi connectivity index (χ1) is 10.1. The highest BCUT2D eigenvalue weighted by atomic mass is 16.5. The molecule has 0 N–H and O–H groups in total. The third-order valence-corrected chi connectivity index (χ3v) is 4.77. The molecule has 3 aliphatic rings. The van der Waals surface area contributed by atoms with Gasteiger partial charge in [0.25, 0.3) is 5.91 Å². The number of hydrogen-bond acceptors (Lipinski definition) is 4. The van der Waals surface area contributed by atoms with Crippen LogP contribution in [0.2, 0.25) is 0 Å². The molecule has 5 heteroatoms. The summed E-state index contributed by atoms with van der Waals surface area (Å²) in [7, 11) is 1.25. The topological polar surface area (TPSA) is 63.7 Å². The van der Waals surface area contributed by atoms with Gasteiger partial charge in [0.2, 0.25) is 11.3 Å². The summed E-state index contributed by atoms with van der Waals surface area (Å²) in [5.41, 5.74) is -0.840. The van der Waals surface area contributed by atoms with E-state index in [2.05, 4.69) is 0 Å². The number of carbonyl (C=O) groups excluding carboxylic acids is 3. The van der Waals surface area contributed by atoms with E-state index in [0.717, 1.165) is 0 Å². The number of esters is 1. The maximum Gasteiger partial charge on any atom is 0.340 e. The minimum atomic E-state index is -1.51. The number of methoxy groups -OCH3 is 1. The summed E-state index contributed by atoms with van der Waals surface area (Å²) in [5, 5.41) is 0. The number of ketones is 1. The SMILES string of the molecule is COC(=O)C12C(=O)c3ccccc3C(=O)N1C1C=CC2C1. The predicted octanol–water partition coefficient (Wildman–Crippen LogP) is 1.20. The van der Waals surface area contributed by atoms with Gasteiger partial charge in [-0.3, -0.25) is 9.59 Å². The lowest BCUT2D eigenvalue weighted by atomic mass is 9.74. The molecule has 0 aromatic heterocycles. The monoisotopic (exact) mass is 283 g/mol. The molecule has 1 aromatic rings. The van der Waals surface area contributed by atoms with Crippen LogP contribution in [0.15, 0.2) is 36.4 Å². The standard InChI is InChI=1S/C16H13NO4/c1-21-15(20)16-9-6-7-10(8-9)17(16)14(19)12-5-3-2-4-11(12)13(16)18/h2-7,9-10H,8H2,1H3. The number of hydrogen-bond donors (Lipinski definition) is 0. The van der Waals surface area contributed by atoms with Gasteiger partial charge >= 0.3 is 5.97 Å². The van der Waals surface area contributed by atoms with E-state index in [1.54, 1.807) is 24.3 Å². The number of amides is 1. The Morgan fingerprint density at radius 1 is 1.24 bits per heavy atom.